The molecule has 0 unspecified atom stereocenters. The molecule has 3 rings (SSSR count). The Morgan fingerprint density at radius 1 is 1.17 bits per heavy atom. The molecule has 0 spiro atoms. The molecule has 2 aromatic rings. The smallest absolute Gasteiger partial charge is 0.272 e. The van der Waals surface area contributed by atoms with Crippen molar-refractivity contribution in [3.8, 4) is 0 Å². The SMILES string of the molecule is Cc1nc(Nc2ccc(Cl)c(Cl)c2)cc(C(=O)N2CCOCC2)n1. The van der Waals surface area contributed by atoms with Gasteiger partial charge in [-0.3, -0.25) is 4.79 Å². The summed E-state index contributed by atoms with van der Waals surface area (Å²) in [4.78, 5) is 22.9. The van der Waals surface area contributed by atoms with Gasteiger partial charge in [-0.2, -0.15) is 0 Å². The zero-order chi connectivity index (χ0) is 17.1. The number of aromatic nitrogens is 2. The first kappa shape index (κ1) is 17.0. The van der Waals surface area contributed by atoms with Crippen molar-refractivity contribution in [2.75, 3.05) is 31.6 Å². The molecule has 0 aliphatic carbocycles. The van der Waals surface area contributed by atoms with Crippen molar-refractivity contribution in [2.45, 2.75) is 6.92 Å². The third-order valence-corrected chi connectivity index (χ3v) is 4.29. The fourth-order valence-corrected chi connectivity index (χ4v) is 2.69. The highest BCUT2D eigenvalue weighted by molar-refractivity contribution is 6.42. The fourth-order valence-electron chi connectivity index (χ4n) is 2.39. The largest absolute Gasteiger partial charge is 0.378 e. The molecule has 2 heterocycles. The van der Waals surface area contributed by atoms with Gasteiger partial charge in [-0.05, 0) is 25.1 Å². The van der Waals surface area contributed by atoms with Crippen LogP contribution in [0.4, 0.5) is 11.5 Å². The summed E-state index contributed by atoms with van der Waals surface area (Å²) in [5.74, 6) is 0.912. The van der Waals surface area contributed by atoms with Crippen molar-refractivity contribution in [1.29, 1.82) is 0 Å². The summed E-state index contributed by atoms with van der Waals surface area (Å²) in [5.41, 5.74) is 1.08. The summed E-state index contributed by atoms with van der Waals surface area (Å²) in [7, 11) is 0. The number of nitrogens with zero attached hydrogens (tertiary/aromatic N) is 3. The van der Waals surface area contributed by atoms with Crippen molar-refractivity contribution in [2.24, 2.45) is 0 Å². The van der Waals surface area contributed by atoms with E-state index in [1.807, 2.05) is 0 Å². The van der Waals surface area contributed by atoms with E-state index in [-0.39, 0.29) is 5.91 Å². The molecular formula is C16H16Cl2N4O2. The van der Waals surface area contributed by atoms with Gasteiger partial charge >= 0.3 is 0 Å². The molecule has 1 aliphatic rings. The summed E-state index contributed by atoms with van der Waals surface area (Å²) in [5, 5.41) is 4.04. The molecular weight excluding hydrogens is 351 g/mol. The van der Waals surface area contributed by atoms with Crippen LogP contribution in [0.3, 0.4) is 0 Å². The average molecular weight is 367 g/mol. The van der Waals surface area contributed by atoms with Crippen molar-refractivity contribution in [3.63, 3.8) is 0 Å². The molecule has 8 heteroatoms. The molecule has 0 saturated carbocycles. The molecule has 0 radical (unpaired) electrons. The van der Waals surface area contributed by atoms with E-state index in [0.717, 1.165) is 5.69 Å². The Bertz CT molecular complexity index is 764. The average Bonchev–Trinajstić information content (AvgIpc) is 2.58. The molecule has 1 aliphatic heterocycles. The van der Waals surface area contributed by atoms with Crippen LogP contribution in [0.5, 0.6) is 0 Å². The van der Waals surface area contributed by atoms with Crippen LogP contribution >= 0.6 is 23.2 Å². The van der Waals surface area contributed by atoms with Crippen LogP contribution in [-0.2, 0) is 4.74 Å². The number of rotatable bonds is 3. The Labute approximate surface area is 149 Å². The fraction of sp³-hybridized carbons (Fsp3) is 0.312. The van der Waals surface area contributed by atoms with Gasteiger partial charge in [0.15, 0.2) is 0 Å². The summed E-state index contributed by atoms with van der Waals surface area (Å²) >= 11 is 11.9. The van der Waals surface area contributed by atoms with Crippen molar-refractivity contribution in [1.82, 2.24) is 14.9 Å². The van der Waals surface area contributed by atoms with E-state index < -0.39 is 0 Å². The number of benzene rings is 1. The lowest BCUT2D eigenvalue weighted by atomic mass is 10.3. The molecule has 1 saturated heterocycles. The van der Waals surface area contributed by atoms with Gasteiger partial charge in [-0.15, -0.1) is 0 Å². The second-order valence-electron chi connectivity index (χ2n) is 5.34. The van der Waals surface area contributed by atoms with Crippen LogP contribution in [0, 0.1) is 6.92 Å². The van der Waals surface area contributed by atoms with E-state index in [0.29, 0.717) is 53.7 Å². The van der Waals surface area contributed by atoms with Crippen LogP contribution in [0.15, 0.2) is 24.3 Å². The lowest BCUT2D eigenvalue weighted by molar-refractivity contribution is 0.0299. The molecule has 126 valence electrons. The molecule has 1 fully saturated rings. The lowest BCUT2D eigenvalue weighted by Crippen LogP contribution is -2.41. The van der Waals surface area contributed by atoms with Crippen LogP contribution in [0.1, 0.15) is 16.3 Å². The van der Waals surface area contributed by atoms with Gasteiger partial charge < -0.3 is 15.0 Å². The number of morpholine rings is 1. The maximum absolute atomic E-state index is 12.6. The number of aryl methyl sites for hydroxylation is 1. The quantitative estimate of drug-likeness (QED) is 0.902. The van der Waals surface area contributed by atoms with Crippen LogP contribution in [0.2, 0.25) is 10.0 Å². The number of hydrogen-bond donors (Lipinski definition) is 1. The van der Waals surface area contributed by atoms with Crippen molar-refractivity contribution in [3.05, 3.63) is 45.8 Å². The number of halogens is 2. The minimum atomic E-state index is -0.124. The van der Waals surface area contributed by atoms with Gasteiger partial charge in [0.2, 0.25) is 0 Å². The summed E-state index contributed by atoms with van der Waals surface area (Å²) in [6, 6.07) is 6.81. The van der Waals surface area contributed by atoms with Gasteiger partial charge in [0.25, 0.3) is 5.91 Å². The van der Waals surface area contributed by atoms with Crippen molar-refractivity contribution < 1.29 is 9.53 Å². The van der Waals surface area contributed by atoms with E-state index in [2.05, 4.69) is 15.3 Å². The number of carbonyl (C=O) groups excluding carboxylic acids is 1. The number of carbonyl (C=O) groups is 1. The second-order valence-corrected chi connectivity index (χ2v) is 6.16. The minimum absolute atomic E-state index is 0.124. The maximum atomic E-state index is 12.6. The summed E-state index contributed by atoms with van der Waals surface area (Å²) in [6.45, 7) is 3.97. The van der Waals surface area contributed by atoms with Crippen LogP contribution in [0.25, 0.3) is 0 Å². The summed E-state index contributed by atoms with van der Waals surface area (Å²) in [6.07, 6.45) is 0. The van der Waals surface area contributed by atoms with E-state index in [1.165, 1.54) is 0 Å². The first-order valence-corrected chi connectivity index (χ1v) is 8.23. The molecule has 1 aromatic carbocycles. The molecule has 6 nitrogen and oxygen atoms in total. The number of amides is 1. The number of ether oxygens (including phenoxy) is 1. The Hall–Kier alpha value is -1.89. The predicted molar refractivity (Wildman–Crippen MR) is 93.2 cm³/mol. The van der Waals surface area contributed by atoms with Crippen molar-refractivity contribution >= 4 is 40.6 Å². The predicted octanol–water partition coefficient (Wildman–Crippen LogP) is 3.31. The molecule has 0 atom stereocenters. The van der Waals surface area contributed by atoms with Gasteiger partial charge in [0, 0.05) is 24.8 Å². The van der Waals surface area contributed by atoms with E-state index >= 15 is 0 Å². The van der Waals surface area contributed by atoms with E-state index in [1.54, 1.807) is 36.1 Å². The topological polar surface area (TPSA) is 67.4 Å². The van der Waals surface area contributed by atoms with Gasteiger partial charge in [-0.25, -0.2) is 9.97 Å². The highest BCUT2D eigenvalue weighted by atomic mass is 35.5. The Kier molecular flexibility index (Phi) is 5.18. The molecule has 0 bridgehead atoms. The maximum Gasteiger partial charge on any atom is 0.272 e. The first-order chi connectivity index (χ1) is 11.5. The third-order valence-electron chi connectivity index (χ3n) is 3.55. The standard InChI is InChI=1S/C16H16Cl2N4O2/c1-10-19-14(16(23)22-4-6-24-7-5-22)9-15(20-10)21-11-2-3-12(17)13(18)8-11/h2-3,8-9H,4-7H2,1H3,(H,19,20,21). The van der Waals surface area contributed by atoms with Gasteiger partial charge in [0.1, 0.15) is 17.3 Å². The number of anilines is 2. The molecule has 1 aromatic heterocycles. The summed E-state index contributed by atoms with van der Waals surface area (Å²) < 4.78 is 5.27. The van der Waals surface area contributed by atoms with Crippen LogP contribution < -0.4 is 5.32 Å². The zero-order valence-corrected chi connectivity index (χ0v) is 14.6. The molecule has 24 heavy (non-hydrogen) atoms. The normalized spacial score (nSPS) is 14.5. The van der Waals surface area contributed by atoms with Gasteiger partial charge in [0.05, 0.1) is 23.3 Å². The Morgan fingerprint density at radius 2 is 1.92 bits per heavy atom. The number of hydrogen-bond acceptors (Lipinski definition) is 5. The second kappa shape index (κ2) is 7.34. The van der Waals surface area contributed by atoms with Gasteiger partial charge in [-0.1, -0.05) is 23.2 Å². The van der Waals surface area contributed by atoms with Crippen LogP contribution in [-0.4, -0.2) is 47.1 Å². The highest BCUT2D eigenvalue weighted by Gasteiger charge is 2.20. The molecule has 1 amide bonds. The first-order valence-electron chi connectivity index (χ1n) is 7.48. The highest BCUT2D eigenvalue weighted by Crippen LogP contribution is 2.26. The Balaban J connectivity index is 1.82. The number of nitrogens with one attached hydrogen (secondary N) is 1. The third kappa shape index (κ3) is 3.95. The minimum Gasteiger partial charge on any atom is -0.378 e. The van der Waals surface area contributed by atoms with E-state index in [9.17, 15) is 4.79 Å². The van der Waals surface area contributed by atoms with E-state index in [4.69, 9.17) is 27.9 Å². The Morgan fingerprint density at radius 3 is 2.62 bits per heavy atom. The zero-order valence-electron chi connectivity index (χ0n) is 13.1. The monoisotopic (exact) mass is 366 g/mol. The lowest BCUT2D eigenvalue weighted by Gasteiger charge is -2.26. The molecule has 1 N–H and O–H groups in total.